The maximum atomic E-state index is 12.4. The molecule has 5 heteroatoms. The fourth-order valence-corrected chi connectivity index (χ4v) is 1.71. The number of allylic oxidation sites excluding steroid dienone is 2. The van der Waals surface area contributed by atoms with Crippen LogP contribution in [0.15, 0.2) is 11.1 Å². The smallest absolute Gasteiger partial charge is 0.295 e. The third kappa shape index (κ3) is 2.05. The molecule has 0 spiro atoms. The van der Waals surface area contributed by atoms with E-state index in [4.69, 9.17) is 11.6 Å². The summed E-state index contributed by atoms with van der Waals surface area (Å²) >= 11 is 5.44. The quantitative estimate of drug-likeness (QED) is 0.603. The highest BCUT2D eigenvalue weighted by Gasteiger charge is 2.53. The Kier molecular flexibility index (Phi) is 2.45. The van der Waals surface area contributed by atoms with Gasteiger partial charge < -0.3 is 0 Å². The van der Waals surface area contributed by atoms with Gasteiger partial charge in [0, 0.05) is 11.5 Å². The third-order valence-electron chi connectivity index (χ3n) is 2.13. The summed E-state index contributed by atoms with van der Waals surface area (Å²) in [5.74, 6) is -0.559. The zero-order valence-corrected chi connectivity index (χ0v) is 7.67. The van der Waals surface area contributed by atoms with E-state index in [1.165, 1.54) is 0 Å². The molecule has 0 aromatic heterocycles. The van der Waals surface area contributed by atoms with Crippen molar-refractivity contribution in [3.8, 4) is 0 Å². The van der Waals surface area contributed by atoms with Crippen LogP contribution < -0.4 is 0 Å². The SMILES string of the molecule is C[C@@]1(C(F)(F)F)CC(=O)C=C(Cl)C1. The summed E-state index contributed by atoms with van der Waals surface area (Å²) in [5, 5.41) is -0.0175. The predicted octanol–water partition coefficient (Wildman–Crippen LogP) is 3.04. The molecule has 1 rings (SSSR count). The lowest BCUT2D eigenvalue weighted by Gasteiger charge is -2.33. The second-order valence-electron chi connectivity index (χ2n) is 3.47. The highest BCUT2D eigenvalue weighted by Crippen LogP contribution is 2.48. The van der Waals surface area contributed by atoms with Crippen molar-refractivity contribution in [1.29, 1.82) is 0 Å². The van der Waals surface area contributed by atoms with E-state index in [0.29, 0.717) is 0 Å². The lowest BCUT2D eigenvalue weighted by atomic mass is 9.78. The van der Waals surface area contributed by atoms with Crippen LogP contribution in [-0.4, -0.2) is 12.0 Å². The number of hydrogen-bond acceptors (Lipinski definition) is 1. The zero-order valence-electron chi connectivity index (χ0n) is 6.91. The average molecular weight is 213 g/mol. The van der Waals surface area contributed by atoms with Gasteiger partial charge >= 0.3 is 6.18 Å². The number of carbonyl (C=O) groups is 1. The van der Waals surface area contributed by atoms with Crippen LogP contribution in [0.1, 0.15) is 19.8 Å². The van der Waals surface area contributed by atoms with Gasteiger partial charge in [-0.25, -0.2) is 0 Å². The lowest BCUT2D eigenvalue weighted by molar-refractivity contribution is -0.219. The van der Waals surface area contributed by atoms with Gasteiger partial charge in [0.15, 0.2) is 5.78 Å². The molecular formula is C8H8ClF3O. The van der Waals surface area contributed by atoms with Gasteiger partial charge in [-0.05, 0) is 12.5 Å². The summed E-state index contributed by atoms with van der Waals surface area (Å²) in [7, 11) is 0. The summed E-state index contributed by atoms with van der Waals surface area (Å²) in [6.45, 7) is 1.01. The molecule has 1 nitrogen and oxygen atoms in total. The summed E-state index contributed by atoms with van der Waals surface area (Å²) in [6.07, 6.45) is -4.12. The van der Waals surface area contributed by atoms with Gasteiger partial charge in [-0.15, -0.1) is 0 Å². The summed E-state index contributed by atoms with van der Waals surface area (Å²) < 4.78 is 37.3. The van der Waals surface area contributed by atoms with Crippen molar-refractivity contribution in [3.63, 3.8) is 0 Å². The van der Waals surface area contributed by atoms with Crippen LogP contribution >= 0.6 is 11.6 Å². The monoisotopic (exact) mass is 212 g/mol. The van der Waals surface area contributed by atoms with Crippen LogP contribution in [0, 0.1) is 5.41 Å². The van der Waals surface area contributed by atoms with Gasteiger partial charge in [-0.2, -0.15) is 13.2 Å². The first-order chi connectivity index (χ1) is 5.74. The van der Waals surface area contributed by atoms with Crippen LogP contribution in [0.25, 0.3) is 0 Å². The Labute approximate surface area is 78.6 Å². The van der Waals surface area contributed by atoms with Crippen LogP contribution in [0.3, 0.4) is 0 Å². The van der Waals surface area contributed by atoms with Gasteiger partial charge in [0.25, 0.3) is 0 Å². The molecule has 1 atom stereocenters. The Morgan fingerprint density at radius 1 is 1.46 bits per heavy atom. The second kappa shape index (κ2) is 3.01. The maximum Gasteiger partial charge on any atom is 0.395 e. The predicted molar refractivity (Wildman–Crippen MR) is 42.3 cm³/mol. The van der Waals surface area contributed by atoms with E-state index in [2.05, 4.69) is 0 Å². The Morgan fingerprint density at radius 2 is 2.00 bits per heavy atom. The van der Waals surface area contributed by atoms with Gasteiger partial charge in [0.1, 0.15) is 0 Å². The number of halogens is 4. The third-order valence-corrected chi connectivity index (χ3v) is 2.37. The Bertz CT molecular complexity index is 269. The van der Waals surface area contributed by atoms with Gasteiger partial charge in [0.2, 0.25) is 0 Å². The Morgan fingerprint density at radius 3 is 2.38 bits per heavy atom. The lowest BCUT2D eigenvalue weighted by Crippen LogP contribution is -2.38. The largest absolute Gasteiger partial charge is 0.395 e. The zero-order chi connectivity index (χ0) is 10.3. The molecular weight excluding hydrogens is 205 g/mol. The molecule has 0 aromatic rings. The van der Waals surface area contributed by atoms with E-state index in [1.807, 2.05) is 0 Å². The number of ketones is 1. The highest BCUT2D eigenvalue weighted by atomic mass is 35.5. The number of carbonyl (C=O) groups excluding carboxylic acids is 1. The van der Waals surface area contributed by atoms with Crippen molar-refractivity contribution in [2.75, 3.05) is 0 Å². The molecule has 0 radical (unpaired) electrons. The van der Waals surface area contributed by atoms with E-state index in [0.717, 1.165) is 13.0 Å². The Hall–Kier alpha value is -0.510. The van der Waals surface area contributed by atoms with E-state index in [-0.39, 0.29) is 11.5 Å². The van der Waals surface area contributed by atoms with E-state index >= 15 is 0 Å². The van der Waals surface area contributed by atoms with Gasteiger partial charge in [-0.3, -0.25) is 4.79 Å². The molecule has 1 aliphatic rings. The van der Waals surface area contributed by atoms with Gasteiger partial charge in [0.05, 0.1) is 5.41 Å². The summed E-state index contributed by atoms with van der Waals surface area (Å²) in [4.78, 5) is 10.9. The highest BCUT2D eigenvalue weighted by molar-refractivity contribution is 6.31. The fourth-order valence-electron chi connectivity index (χ4n) is 1.30. The van der Waals surface area contributed by atoms with Crippen LogP contribution in [0.5, 0.6) is 0 Å². The molecule has 0 aliphatic heterocycles. The van der Waals surface area contributed by atoms with Crippen LogP contribution in [0.2, 0.25) is 0 Å². The van der Waals surface area contributed by atoms with E-state index in [1.54, 1.807) is 0 Å². The molecule has 0 amide bonds. The van der Waals surface area contributed by atoms with Crippen molar-refractivity contribution >= 4 is 17.4 Å². The first-order valence-corrected chi connectivity index (χ1v) is 4.08. The molecule has 0 saturated carbocycles. The van der Waals surface area contributed by atoms with E-state index < -0.39 is 23.8 Å². The second-order valence-corrected chi connectivity index (χ2v) is 3.95. The van der Waals surface area contributed by atoms with Crippen molar-refractivity contribution in [1.82, 2.24) is 0 Å². The molecule has 0 aromatic carbocycles. The minimum Gasteiger partial charge on any atom is -0.295 e. The normalized spacial score (nSPS) is 30.2. The molecule has 0 unspecified atom stereocenters. The minimum absolute atomic E-state index is 0.0175. The van der Waals surface area contributed by atoms with Crippen molar-refractivity contribution in [3.05, 3.63) is 11.1 Å². The Balaban J connectivity index is 2.97. The standard InChI is InChI=1S/C8H8ClF3O/c1-7(8(10,11)12)3-5(9)2-6(13)4-7/h2H,3-4H2,1H3/t7-/m0/s1. The van der Waals surface area contributed by atoms with Crippen LogP contribution in [-0.2, 0) is 4.79 Å². The molecule has 74 valence electrons. The van der Waals surface area contributed by atoms with Crippen molar-refractivity contribution < 1.29 is 18.0 Å². The van der Waals surface area contributed by atoms with Crippen molar-refractivity contribution in [2.24, 2.45) is 5.41 Å². The number of rotatable bonds is 0. The number of alkyl halides is 3. The molecule has 0 bridgehead atoms. The minimum atomic E-state index is -4.38. The summed E-state index contributed by atoms with van der Waals surface area (Å²) in [6, 6.07) is 0. The topological polar surface area (TPSA) is 17.1 Å². The van der Waals surface area contributed by atoms with Crippen LogP contribution in [0.4, 0.5) is 13.2 Å². The first-order valence-electron chi connectivity index (χ1n) is 3.70. The maximum absolute atomic E-state index is 12.4. The molecule has 0 fully saturated rings. The molecule has 0 N–H and O–H groups in total. The first kappa shape index (κ1) is 10.6. The molecule has 1 aliphatic carbocycles. The van der Waals surface area contributed by atoms with E-state index in [9.17, 15) is 18.0 Å². The van der Waals surface area contributed by atoms with Crippen molar-refractivity contribution in [2.45, 2.75) is 25.9 Å². The number of hydrogen-bond donors (Lipinski definition) is 0. The molecule has 0 saturated heterocycles. The summed E-state index contributed by atoms with van der Waals surface area (Å²) in [5.41, 5.74) is -1.99. The fraction of sp³-hybridized carbons (Fsp3) is 0.625. The van der Waals surface area contributed by atoms with Gasteiger partial charge in [-0.1, -0.05) is 18.5 Å². The average Bonchev–Trinajstić information content (AvgIpc) is 1.79. The molecule has 0 heterocycles. The molecule has 13 heavy (non-hydrogen) atoms.